The Labute approximate surface area is 436 Å². The zero-order chi connectivity index (χ0) is 57.4. The number of rotatable bonds is 8. The Bertz CT molecular complexity index is 4320. The van der Waals surface area contributed by atoms with Crippen LogP contribution in [0.3, 0.4) is 0 Å². The van der Waals surface area contributed by atoms with Gasteiger partial charge in [-0.05, 0) is 40.5 Å². The quantitative estimate of drug-likeness (QED) is 0.0864. The van der Waals surface area contributed by atoms with E-state index in [4.69, 9.17) is 23.4 Å². The van der Waals surface area contributed by atoms with Crippen molar-refractivity contribution in [3.63, 3.8) is 0 Å². The molecule has 11 aromatic rings. The van der Waals surface area contributed by atoms with Crippen LogP contribution in [-0.2, 0) is 5.41 Å². The molecule has 0 amide bonds. The summed E-state index contributed by atoms with van der Waals surface area (Å²) in [4.78, 5) is 4.99. The molecule has 0 radical (unpaired) electrons. The van der Waals surface area contributed by atoms with E-state index >= 15 is 0 Å². The number of nitrogens with zero attached hydrogens (tertiary/aromatic N) is 4. The molecule has 0 fully saturated rings. The van der Waals surface area contributed by atoms with Gasteiger partial charge in [-0.25, -0.2) is 0 Å². The van der Waals surface area contributed by atoms with Crippen molar-refractivity contribution in [3.05, 3.63) is 212 Å². The molecule has 0 saturated heterocycles. The fourth-order valence-corrected chi connectivity index (χ4v) is 40.9. The molecule has 71 heavy (non-hydrogen) atoms. The smallest absolute Gasteiger partial charge is 0.0666 e. The van der Waals surface area contributed by atoms with E-state index in [1.165, 1.54) is 21.6 Å². The molecule has 0 bridgehead atoms. The number of hydrogen-bond donors (Lipinski definition) is 0. The second-order valence-corrected chi connectivity index (χ2v) is 41.2. The average Bonchev–Trinajstić information content (AvgIpc) is 3.66. The molecule has 3 aromatic heterocycles. The van der Waals surface area contributed by atoms with Gasteiger partial charge in [-0.3, -0.25) is 9.13 Å². The summed E-state index contributed by atoms with van der Waals surface area (Å²) >= 11 is -4.27. The van der Waals surface area contributed by atoms with Crippen molar-refractivity contribution in [1.82, 2.24) is 14.1 Å². The number of aromatic nitrogens is 4. The number of hydrogen-bond acceptors (Lipinski definition) is 2. The van der Waals surface area contributed by atoms with Crippen LogP contribution >= 0.6 is 0 Å². The van der Waals surface area contributed by atoms with Crippen LogP contribution in [0, 0.1) is 6.33 Å². The summed E-state index contributed by atoms with van der Waals surface area (Å²) < 4.78 is 104. The topological polar surface area (TPSA) is 35.9 Å². The summed E-state index contributed by atoms with van der Waals surface area (Å²) in [5, 5.41) is 5.00. The Balaban J connectivity index is 1.00. The van der Waals surface area contributed by atoms with Crippen molar-refractivity contribution in [1.29, 1.82) is 0 Å². The Morgan fingerprint density at radius 1 is 0.577 bits per heavy atom. The third kappa shape index (κ3) is 8.13. The van der Waals surface area contributed by atoms with Gasteiger partial charge in [0.1, 0.15) is 0 Å². The second kappa shape index (κ2) is 17.4. The summed E-state index contributed by atoms with van der Waals surface area (Å²) in [6.07, 6.45) is 5.36. The first-order valence-corrected chi connectivity index (χ1v) is 37.6. The van der Waals surface area contributed by atoms with Gasteiger partial charge in [-0.1, -0.05) is 130 Å². The number of para-hydroxylation sites is 3. The van der Waals surface area contributed by atoms with E-state index < -0.39 is 87.0 Å². The molecule has 0 aliphatic carbocycles. The van der Waals surface area contributed by atoms with Gasteiger partial charge >= 0.3 is 217 Å². The van der Waals surface area contributed by atoms with Gasteiger partial charge in [0.2, 0.25) is 0 Å². The van der Waals surface area contributed by atoms with E-state index in [0.29, 0.717) is 28.2 Å². The maximum atomic E-state index is 9.08. The van der Waals surface area contributed by atoms with Gasteiger partial charge in [-0.2, -0.15) is 0 Å². The zero-order valence-electron chi connectivity index (χ0n) is 50.9. The molecule has 0 unspecified atom stereocenters. The van der Waals surface area contributed by atoms with E-state index in [0.717, 1.165) is 33.2 Å². The van der Waals surface area contributed by atoms with Crippen molar-refractivity contribution >= 4 is 68.2 Å². The van der Waals surface area contributed by atoms with Gasteiger partial charge in [0, 0.05) is 0 Å². The molecule has 1 aliphatic rings. The zero-order valence-corrected chi connectivity index (χ0v) is 45.1. The van der Waals surface area contributed by atoms with Crippen LogP contribution in [0.15, 0.2) is 200 Å². The first-order valence-electron chi connectivity index (χ1n) is 29.2. The molecule has 0 saturated carbocycles. The predicted octanol–water partition coefficient (Wildman–Crippen LogP) is 15.1. The van der Waals surface area contributed by atoms with E-state index in [9.17, 15) is 0 Å². The van der Waals surface area contributed by atoms with Crippen molar-refractivity contribution < 1.29 is 23.0 Å². The maximum Gasteiger partial charge on any atom is 0.0811 e. The van der Waals surface area contributed by atoms with Crippen LogP contribution in [0.4, 0.5) is 0 Å². The van der Waals surface area contributed by atoms with E-state index in [2.05, 4.69) is 115 Å². The maximum absolute atomic E-state index is 9.08. The third-order valence-corrected chi connectivity index (χ3v) is 31.9. The molecular weight excluding hydrogens is 986 g/mol. The molecule has 1 aliphatic heterocycles. The molecule has 0 atom stereocenters. The third-order valence-electron chi connectivity index (χ3n) is 14.4. The Morgan fingerprint density at radius 2 is 1.24 bits per heavy atom. The molecule has 4 heterocycles. The minimum absolute atomic E-state index is 0.117. The normalized spacial score (nSPS) is 16.2. The Hall–Kier alpha value is -6.93. The monoisotopic (exact) mass is 1060 g/mol. The van der Waals surface area contributed by atoms with Crippen molar-refractivity contribution in [2.45, 2.75) is 59.7 Å². The SMILES string of the molecule is [2H]c1c([2H])c([2H])c(-c2cccc(-c3c([2H])c([2H])c([2H])c([2H])c3[2H])c2-[n+]2[c-]n(-c3cccc(Oc4ccc5c6cc(-c7cc[c]8[c](c7)[Ge]([CH3])([CH3])[CH2][CH2][Ge]8([CH3])[CH3])ccc6n(-c6cc(C(C)(C)C)ccn6)c5c4)c3)c3ccccc32)c([2H])c1[2H]. The number of fused-ring (bicyclic) bond motifs is 5. The number of imidazole rings is 1. The summed E-state index contributed by atoms with van der Waals surface area (Å²) in [7, 11) is 0. The van der Waals surface area contributed by atoms with Crippen molar-refractivity contribution in [2.75, 3.05) is 0 Å². The Kier molecular flexibility index (Phi) is 8.64. The van der Waals surface area contributed by atoms with Crippen molar-refractivity contribution in [3.8, 4) is 62.1 Å². The van der Waals surface area contributed by atoms with Crippen LogP contribution in [0.2, 0.25) is 33.5 Å². The van der Waals surface area contributed by atoms with Crippen LogP contribution in [0.1, 0.15) is 40.0 Å². The second-order valence-electron chi connectivity index (χ2n) is 21.0. The minimum atomic E-state index is -2.19. The van der Waals surface area contributed by atoms with Gasteiger partial charge in [0.15, 0.2) is 0 Å². The number of pyridine rings is 1. The summed E-state index contributed by atoms with van der Waals surface area (Å²) in [5.74, 6) is 12.2. The van der Waals surface area contributed by atoms with Crippen LogP contribution in [0.5, 0.6) is 11.5 Å². The molecule has 12 rings (SSSR count). The molecule has 0 N–H and O–H groups in total. The van der Waals surface area contributed by atoms with Crippen LogP contribution < -0.4 is 18.1 Å². The van der Waals surface area contributed by atoms with Gasteiger partial charge in [0.05, 0.1) is 36.1 Å². The molecule has 5 nitrogen and oxygen atoms in total. The predicted molar refractivity (Wildman–Crippen MR) is 301 cm³/mol. The Morgan fingerprint density at radius 3 is 1.97 bits per heavy atom. The first kappa shape index (κ1) is 35.2. The largest absolute Gasteiger partial charge is 0.0811 e. The average molecular weight is 1050 g/mol. The molecule has 348 valence electrons. The number of ether oxygens (including phenoxy) is 1. The fraction of sp³-hybridized carbons (Fsp3) is 0.156. The fourth-order valence-electron chi connectivity index (χ4n) is 10.5. The summed E-state index contributed by atoms with van der Waals surface area (Å²) in [6.45, 7) is 6.62. The standard InChI is InChI=1S/C64H58Ge2N4O/c1-64(2,3)48-34-37-67-62(40-48)70-58-33-29-46(47-28-32-56-57(39-47)66(6,7)36-35-65(56,4)5)38-55(58)54-31-30-51(42-61(54)70)71-50-23-16-22-49(41-50)68-43-69(60-27-15-14-26-59(60)68)63-52(44-18-10-8-11-19-44)24-17-25-53(63)45-20-12-9-13-21-45/h8-34,37-42H,35-36H2,1-7H3/i8D,9D,10D,11D,12D,13D,18D,19D,20D,21D. The van der Waals surface area contributed by atoms with Crippen LogP contribution in [0.25, 0.3) is 83.4 Å². The van der Waals surface area contributed by atoms with E-state index in [-0.39, 0.29) is 33.4 Å². The number of benzene rings is 8. The first-order chi connectivity index (χ1) is 38.4. The van der Waals surface area contributed by atoms with Gasteiger partial charge in [-0.15, -0.1) is 0 Å². The van der Waals surface area contributed by atoms with E-state index in [1.54, 1.807) is 31.6 Å². The molecular formula is C64H58Ge2N4O. The molecule has 0 spiro atoms. The van der Waals surface area contributed by atoms with Gasteiger partial charge < -0.3 is 0 Å². The van der Waals surface area contributed by atoms with Crippen LogP contribution in [-0.4, -0.2) is 40.7 Å². The van der Waals surface area contributed by atoms with Gasteiger partial charge in [0.25, 0.3) is 6.33 Å². The van der Waals surface area contributed by atoms with Crippen molar-refractivity contribution in [2.24, 2.45) is 0 Å². The summed E-state index contributed by atoms with van der Waals surface area (Å²) in [6, 6.07) is 39.2. The molecule has 7 heteroatoms. The van der Waals surface area contributed by atoms with E-state index in [1.807, 2.05) is 65.4 Å². The minimum Gasteiger partial charge on any atom is -0.0666 e. The molecule has 8 aromatic carbocycles. The summed E-state index contributed by atoms with van der Waals surface area (Å²) in [5.41, 5.74) is 7.58.